The number of rotatable bonds is 2. The summed E-state index contributed by atoms with van der Waals surface area (Å²) in [6.07, 6.45) is 0. The van der Waals surface area contributed by atoms with Crippen molar-refractivity contribution in [2.45, 2.75) is 0 Å². The Morgan fingerprint density at radius 2 is 2.19 bits per heavy atom. The van der Waals surface area contributed by atoms with Crippen molar-refractivity contribution < 1.29 is 19.5 Å². The molecule has 0 spiro atoms. The molecule has 0 aliphatic rings. The van der Waals surface area contributed by atoms with Gasteiger partial charge in [-0.3, -0.25) is 0 Å². The summed E-state index contributed by atoms with van der Waals surface area (Å²) in [7, 11) is 0. The van der Waals surface area contributed by atoms with E-state index in [9.17, 15) is 9.90 Å². The molecule has 2 rings (SSSR count). The van der Waals surface area contributed by atoms with Crippen LogP contribution >= 0.6 is 15.9 Å². The third kappa shape index (κ3) is 1.79. The number of benzene rings is 1. The van der Waals surface area contributed by atoms with E-state index in [1.165, 1.54) is 12.1 Å². The van der Waals surface area contributed by atoms with Crippen molar-refractivity contribution in [3.05, 3.63) is 34.5 Å². The van der Waals surface area contributed by atoms with Crippen LogP contribution in [0.3, 0.4) is 0 Å². The maximum atomic E-state index is 10.7. The van der Waals surface area contributed by atoms with Gasteiger partial charge in [-0.05, 0) is 28.1 Å². The van der Waals surface area contributed by atoms with Gasteiger partial charge in [0, 0.05) is 5.56 Å². The molecule has 0 bridgehead atoms. The van der Waals surface area contributed by atoms with Crippen LogP contribution in [0.4, 0.5) is 0 Å². The predicted octanol–water partition coefficient (Wildman–Crippen LogP) is 2.51. The van der Waals surface area contributed by atoms with Gasteiger partial charge in [0.2, 0.25) is 0 Å². The zero-order chi connectivity index (χ0) is 11.7. The van der Waals surface area contributed by atoms with Gasteiger partial charge in [-0.15, -0.1) is 0 Å². The molecule has 16 heavy (non-hydrogen) atoms. The maximum Gasteiger partial charge on any atom is 0.375 e. The van der Waals surface area contributed by atoms with Gasteiger partial charge in [0.25, 0.3) is 5.76 Å². The number of carboxylic acids is 1. The molecule has 2 N–H and O–H groups in total. The molecule has 5 nitrogen and oxygen atoms in total. The maximum absolute atomic E-state index is 10.7. The fourth-order valence-corrected chi connectivity index (χ4v) is 1.79. The van der Waals surface area contributed by atoms with E-state index < -0.39 is 5.97 Å². The first-order valence-electron chi connectivity index (χ1n) is 4.27. The molecule has 1 aromatic heterocycles. The zero-order valence-corrected chi connectivity index (χ0v) is 9.43. The molecule has 82 valence electrons. The minimum absolute atomic E-state index is 0.0734. The lowest BCUT2D eigenvalue weighted by molar-refractivity contribution is 0.0650. The second kappa shape index (κ2) is 3.97. The molecule has 0 saturated carbocycles. The van der Waals surface area contributed by atoms with Crippen molar-refractivity contribution in [3.63, 3.8) is 0 Å². The number of aromatic hydroxyl groups is 1. The number of carboxylic acid groups (broad SMARTS) is 1. The highest BCUT2D eigenvalue weighted by Crippen LogP contribution is 2.31. The fraction of sp³-hybridized carbons (Fsp3) is 0. The summed E-state index contributed by atoms with van der Waals surface area (Å²) in [5, 5.41) is 21.7. The summed E-state index contributed by atoms with van der Waals surface area (Å²) in [6, 6.07) is 6.30. The first kappa shape index (κ1) is 10.7. The number of carbonyl (C=O) groups is 1. The number of hydrogen-bond donors (Lipinski definition) is 2. The number of aromatic carboxylic acids is 1. The van der Waals surface area contributed by atoms with Gasteiger partial charge in [0.15, 0.2) is 0 Å². The molecular formula is C10H6BrNO4. The molecule has 0 atom stereocenters. The summed E-state index contributed by atoms with van der Waals surface area (Å²) in [5.74, 6) is -1.40. The van der Waals surface area contributed by atoms with Gasteiger partial charge >= 0.3 is 5.97 Å². The highest BCUT2D eigenvalue weighted by Gasteiger charge is 2.20. The Morgan fingerprint density at radius 1 is 1.44 bits per heavy atom. The number of hydrogen-bond acceptors (Lipinski definition) is 4. The molecular weight excluding hydrogens is 278 g/mol. The van der Waals surface area contributed by atoms with Crippen LogP contribution in [0.5, 0.6) is 5.75 Å². The van der Waals surface area contributed by atoms with Crippen LogP contribution in [0.25, 0.3) is 11.3 Å². The van der Waals surface area contributed by atoms with Gasteiger partial charge in [-0.1, -0.05) is 17.3 Å². The van der Waals surface area contributed by atoms with Gasteiger partial charge < -0.3 is 14.7 Å². The SMILES string of the molecule is O=C(O)c1onc(-c2cccc(O)c2)c1Br. The summed E-state index contributed by atoms with van der Waals surface area (Å²) >= 11 is 3.09. The molecule has 2 aromatic rings. The van der Waals surface area contributed by atoms with E-state index in [4.69, 9.17) is 5.11 Å². The molecule has 0 radical (unpaired) electrons. The Kier molecular flexibility index (Phi) is 2.66. The number of phenols is 1. The summed E-state index contributed by atoms with van der Waals surface area (Å²) < 4.78 is 4.93. The zero-order valence-electron chi connectivity index (χ0n) is 7.85. The Bertz CT molecular complexity index is 550. The lowest BCUT2D eigenvalue weighted by Crippen LogP contribution is -1.93. The monoisotopic (exact) mass is 283 g/mol. The van der Waals surface area contributed by atoms with Gasteiger partial charge in [0.1, 0.15) is 15.9 Å². The van der Waals surface area contributed by atoms with Crippen LogP contribution in [0.2, 0.25) is 0 Å². The Morgan fingerprint density at radius 3 is 2.75 bits per heavy atom. The minimum Gasteiger partial charge on any atom is -0.508 e. The lowest BCUT2D eigenvalue weighted by atomic mass is 10.1. The van der Waals surface area contributed by atoms with Crippen LogP contribution in [0.1, 0.15) is 10.6 Å². The fourth-order valence-electron chi connectivity index (χ4n) is 1.24. The van der Waals surface area contributed by atoms with Crippen LogP contribution < -0.4 is 0 Å². The minimum atomic E-state index is -1.20. The molecule has 0 fully saturated rings. The number of nitrogens with zero attached hydrogens (tertiary/aromatic N) is 1. The highest BCUT2D eigenvalue weighted by atomic mass is 79.9. The van der Waals surface area contributed by atoms with E-state index in [2.05, 4.69) is 25.6 Å². The van der Waals surface area contributed by atoms with E-state index in [0.29, 0.717) is 11.3 Å². The van der Waals surface area contributed by atoms with E-state index in [-0.39, 0.29) is 16.0 Å². The van der Waals surface area contributed by atoms with Gasteiger partial charge in [-0.2, -0.15) is 0 Å². The first-order chi connectivity index (χ1) is 7.59. The van der Waals surface area contributed by atoms with Crippen LogP contribution in [-0.2, 0) is 0 Å². The van der Waals surface area contributed by atoms with Crippen LogP contribution in [0.15, 0.2) is 33.3 Å². The second-order valence-corrected chi connectivity index (χ2v) is 3.82. The topological polar surface area (TPSA) is 83.6 Å². The van der Waals surface area contributed by atoms with E-state index >= 15 is 0 Å². The largest absolute Gasteiger partial charge is 0.508 e. The number of halogens is 1. The molecule has 0 saturated heterocycles. The first-order valence-corrected chi connectivity index (χ1v) is 5.06. The van der Waals surface area contributed by atoms with Crippen molar-refractivity contribution in [2.75, 3.05) is 0 Å². The normalized spacial score (nSPS) is 10.3. The van der Waals surface area contributed by atoms with Crippen molar-refractivity contribution in [1.82, 2.24) is 5.16 Å². The van der Waals surface area contributed by atoms with Gasteiger partial charge in [0.05, 0.1) is 0 Å². The number of phenolic OH excluding ortho intramolecular Hbond substituents is 1. The van der Waals surface area contributed by atoms with Crippen LogP contribution in [-0.4, -0.2) is 21.3 Å². The molecule has 6 heteroatoms. The summed E-state index contributed by atoms with van der Waals surface area (Å²) in [4.78, 5) is 10.7. The highest BCUT2D eigenvalue weighted by molar-refractivity contribution is 9.10. The smallest absolute Gasteiger partial charge is 0.375 e. The van der Waals surface area contributed by atoms with E-state index in [1.807, 2.05) is 0 Å². The quantitative estimate of drug-likeness (QED) is 0.885. The Hall–Kier alpha value is -1.82. The van der Waals surface area contributed by atoms with Crippen molar-refractivity contribution in [1.29, 1.82) is 0 Å². The Balaban J connectivity index is 2.53. The van der Waals surface area contributed by atoms with Crippen molar-refractivity contribution >= 4 is 21.9 Å². The average molecular weight is 284 g/mol. The van der Waals surface area contributed by atoms with E-state index in [1.54, 1.807) is 12.1 Å². The third-order valence-corrected chi connectivity index (χ3v) is 2.68. The summed E-state index contributed by atoms with van der Waals surface area (Å²) in [5.41, 5.74) is 0.913. The van der Waals surface area contributed by atoms with E-state index in [0.717, 1.165) is 0 Å². The second-order valence-electron chi connectivity index (χ2n) is 3.03. The molecule has 0 aliphatic carbocycles. The Labute approximate surface area is 98.4 Å². The van der Waals surface area contributed by atoms with Gasteiger partial charge in [-0.25, -0.2) is 4.79 Å². The summed E-state index contributed by atoms with van der Waals surface area (Å²) in [6.45, 7) is 0. The average Bonchev–Trinajstić information content (AvgIpc) is 2.60. The number of aromatic nitrogens is 1. The van der Waals surface area contributed by atoms with Crippen LogP contribution in [0, 0.1) is 0 Å². The third-order valence-electron chi connectivity index (χ3n) is 1.95. The predicted molar refractivity (Wildman–Crippen MR) is 58.3 cm³/mol. The van der Waals surface area contributed by atoms with Crippen molar-refractivity contribution in [3.8, 4) is 17.0 Å². The molecule has 1 heterocycles. The molecule has 0 unspecified atom stereocenters. The molecule has 0 aliphatic heterocycles. The molecule has 1 aromatic carbocycles. The molecule has 0 amide bonds. The lowest BCUT2D eigenvalue weighted by Gasteiger charge is -1.97. The van der Waals surface area contributed by atoms with Crippen molar-refractivity contribution in [2.24, 2.45) is 0 Å². The standard InChI is InChI=1S/C10H6BrNO4/c11-7-8(12-16-9(7)10(14)15)5-2-1-3-6(13)4-5/h1-4,13H,(H,14,15).